The largest absolute Gasteiger partial charge is 0.423 e. The van der Waals surface area contributed by atoms with Crippen molar-refractivity contribution in [1.29, 1.82) is 0 Å². The molecule has 30 heavy (non-hydrogen) atoms. The molecule has 9 heteroatoms. The van der Waals surface area contributed by atoms with Crippen LogP contribution >= 0.6 is 0 Å². The number of nitrogens with one attached hydrogen (secondary N) is 1. The standard InChI is InChI=1S/C21H21N7O2/c1-27-19(24-25-26-27)15-5-4-6-16(13-15)22-20(29)14-9-11-28(12-10-14)21-23-17-7-2-3-8-18(17)30-21/h2-8,13-14H,9-12H2,1H3,(H,22,29). The summed E-state index contributed by atoms with van der Waals surface area (Å²) in [5, 5.41) is 14.6. The number of rotatable bonds is 4. The number of oxazole rings is 1. The second-order valence-electron chi connectivity index (χ2n) is 7.42. The van der Waals surface area contributed by atoms with Gasteiger partial charge < -0.3 is 14.6 Å². The van der Waals surface area contributed by atoms with Crippen LogP contribution in [0.4, 0.5) is 11.7 Å². The van der Waals surface area contributed by atoms with E-state index in [1.165, 1.54) is 0 Å². The van der Waals surface area contributed by atoms with Gasteiger partial charge in [0, 0.05) is 37.3 Å². The number of aromatic nitrogens is 5. The molecule has 5 rings (SSSR count). The Balaban J connectivity index is 1.22. The zero-order valence-corrected chi connectivity index (χ0v) is 16.5. The van der Waals surface area contributed by atoms with E-state index in [1.807, 2.05) is 48.5 Å². The summed E-state index contributed by atoms with van der Waals surface area (Å²) < 4.78 is 7.45. The van der Waals surface area contributed by atoms with Gasteiger partial charge in [-0.15, -0.1) is 5.10 Å². The zero-order valence-electron chi connectivity index (χ0n) is 16.5. The number of anilines is 2. The molecule has 1 fully saturated rings. The monoisotopic (exact) mass is 403 g/mol. The van der Waals surface area contributed by atoms with Gasteiger partial charge in [-0.1, -0.05) is 24.3 Å². The summed E-state index contributed by atoms with van der Waals surface area (Å²) in [7, 11) is 1.78. The fourth-order valence-electron chi connectivity index (χ4n) is 3.78. The molecule has 0 radical (unpaired) electrons. The van der Waals surface area contributed by atoms with Crippen molar-refractivity contribution < 1.29 is 9.21 Å². The minimum absolute atomic E-state index is 0.0282. The van der Waals surface area contributed by atoms with Gasteiger partial charge in [-0.05, 0) is 47.5 Å². The fraction of sp³-hybridized carbons (Fsp3) is 0.286. The van der Waals surface area contributed by atoms with E-state index in [9.17, 15) is 4.79 Å². The summed E-state index contributed by atoms with van der Waals surface area (Å²) in [4.78, 5) is 19.5. The number of carbonyl (C=O) groups is 1. The summed E-state index contributed by atoms with van der Waals surface area (Å²) in [6.45, 7) is 1.46. The van der Waals surface area contributed by atoms with E-state index in [1.54, 1.807) is 11.7 Å². The predicted molar refractivity (Wildman–Crippen MR) is 112 cm³/mol. The topological polar surface area (TPSA) is 102 Å². The molecule has 1 amide bonds. The molecule has 2 aromatic carbocycles. The first kappa shape index (κ1) is 18.3. The predicted octanol–water partition coefficient (Wildman–Crippen LogP) is 2.87. The molecule has 152 valence electrons. The van der Waals surface area contributed by atoms with Gasteiger partial charge >= 0.3 is 0 Å². The normalized spacial score (nSPS) is 14.9. The number of tetrazole rings is 1. The van der Waals surface area contributed by atoms with Gasteiger partial charge in [0.1, 0.15) is 5.52 Å². The summed E-state index contributed by atoms with van der Waals surface area (Å²) >= 11 is 0. The maximum atomic E-state index is 12.8. The quantitative estimate of drug-likeness (QED) is 0.559. The third-order valence-electron chi connectivity index (χ3n) is 5.43. The molecule has 3 heterocycles. The smallest absolute Gasteiger partial charge is 0.298 e. The Labute approximate surface area is 172 Å². The maximum Gasteiger partial charge on any atom is 0.298 e. The third-order valence-corrected chi connectivity index (χ3v) is 5.43. The van der Waals surface area contributed by atoms with E-state index in [2.05, 4.69) is 30.7 Å². The van der Waals surface area contributed by atoms with Gasteiger partial charge in [-0.2, -0.15) is 4.98 Å². The first-order valence-corrected chi connectivity index (χ1v) is 9.91. The molecular formula is C21H21N7O2. The van der Waals surface area contributed by atoms with Crippen molar-refractivity contribution in [3.63, 3.8) is 0 Å². The molecule has 1 N–H and O–H groups in total. The second-order valence-corrected chi connectivity index (χ2v) is 7.42. The Kier molecular flexibility index (Phi) is 4.62. The molecule has 1 aliphatic heterocycles. The maximum absolute atomic E-state index is 12.8. The molecule has 0 spiro atoms. The van der Waals surface area contributed by atoms with Crippen molar-refractivity contribution in [2.24, 2.45) is 13.0 Å². The Bertz CT molecular complexity index is 1160. The molecule has 0 aliphatic carbocycles. The minimum atomic E-state index is -0.0502. The Morgan fingerprint density at radius 3 is 2.73 bits per heavy atom. The number of aryl methyl sites for hydroxylation is 1. The summed E-state index contributed by atoms with van der Waals surface area (Å²) in [5.74, 6) is 0.629. The summed E-state index contributed by atoms with van der Waals surface area (Å²) in [6, 6.07) is 15.9. The number of carbonyl (C=O) groups excluding carboxylic acids is 1. The van der Waals surface area contributed by atoms with Crippen LogP contribution in [0.1, 0.15) is 12.8 Å². The lowest BCUT2D eigenvalue weighted by molar-refractivity contribution is -0.120. The van der Waals surface area contributed by atoms with Gasteiger partial charge in [0.2, 0.25) is 5.91 Å². The number of amides is 1. The average molecular weight is 403 g/mol. The Morgan fingerprint density at radius 1 is 1.13 bits per heavy atom. The van der Waals surface area contributed by atoms with E-state index >= 15 is 0 Å². The van der Waals surface area contributed by atoms with Gasteiger partial charge in [0.15, 0.2) is 11.4 Å². The molecule has 0 unspecified atom stereocenters. The van der Waals surface area contributed by atoms with Crippen LogP contribution in [-0.4, -0.2) is 44.2 Å². The van der Waals surface area contributed by atoms with Gasteiger partial charge in [0.25, 0.3) is 6.01 Å². The number of benzene rings is 2. The van der Waals surface area contributed by atoms with Crippen LogP contribution in [0.15, 0.2) is 52.9 Å². The van der Waals surface area contributed by atoms with Crippen LogP contribution in [0.3, 0.4) is 0 Å². The fourth-order valence-corrected chi connectivity index (χ4v) is 3.78. The molecule has 4 aromatic rings. The number of para-hydroxylation sites is 2. The van der Waals surface area contributed by atoms with E-state index in [4.69, 9.17) is 4.42 Å². The minimum Gasteiger partial charge on any atom is -0.423 e. The van der Waals surface area contributed by atoms with E-state index in [0.717, 1.165) is 48.3 Å². The van der Waals surface area contributed by atoms with Crippen LogP contribution < -0.4 is 10.2 Å². The summed E-state index contributed by atoms with van der Waals surface area (Å²) in [6.07, 6.45) is 1.49. The molecule has 0 bridgehead atoms. The highest BCUT2D eigenvalue weighted by molar-refractivity contribution is 5.93. The number of hydrogen-bond donors (Lipinski definition) is 1. The lowest BCUT2D eigenvalue weighted by Gasteiger charge is -2.30. The molecule has 9 nitrogen and oxygen atoms in total. The van der Waals surface area contributed by atoms with Crippen molar-refractivity contribution in [2.45, 2.75) is 12.8 Å². The highest BCUT2D eigenvalue weighted by atomic mass is 16.4. The first-order valence-electron chi connectivity index (χ1n) is 9.91. The first-order chi connectivity index (χ1) is 14.7. The lowest BCUT2D eigenvalue weighted by Crippen LogP contribution is -2.38. The molecule has 2 aromatic heterocycles. The van der Waals surface area contributed by atoms with Crippen LogP contribution in [0.25, 0.3) is 22.5 Å². The number of piperidine rings is 1. The van der Waals surface area contributed by atoms with Crippen molar-refractivity contribution >= 4 is 28.7 Å². The van der Waals surface area contributed by atoms with Crippen molar-refractivity contribution in [2.75, 3.05) is 23.3 Å². The van der Waals surface area contributed by atoms with Crippen LogP contribution in [-0.2, 0) is 11.8 Å². The third kappa shape index (κ3) is 3.49. The Hall–Kier alpha value is -3.75. The molecule has 0 saturated carbocycles. The van der Waals surface area contributed by atoms with E-state index in [0.29, 0.717) is 11.8 Å². The highest BCUT2D eigenvalue weighted by Crippen LogP contribution is 2.27. The van der Waals surface area contributed by atoms with Crippen molar-refractivity contribution in [1.82, 2.24) is 25.2 Å². The van der Waals surface area contributed by atoms with Crippen LogP contribution in [0.2, 0.25) is 0 Å². The number of nitrogens with zero attached hydrogens (tertiary/aromatic N) is 6. The molecule has 1 saturated heterocycles. The van der Waals surface area contributed by atoms with Crippen molar-refractivity contribution in [3.8, 4) is 11.4 Å². The Morgan fingerprint density at radius 2 is 1.97 bits per heavy atom. The highest BCUT2D eigenvalue weighted by Gasteiger charge is 2.27. The molecule has 1 aliphatic rings. The van der Waals surface area contributed by atoms with Crippen LogP contribution in [0, 0.1) is 5.92 Å². The number of hydrogen-bond acceptors (Lipinski definition) is 7. The SMILES string of the molecule is Cn1nnnc1-c1cccc(NC(=O)C2CCN(c3nc4ccccc4o3)CC2)c1. The van der Waals surface area contributed by atoms with Gasteiger partial charge in [0.05, 0.1) is 0 Å². The van der Waals surface area contributed by atoms with Gasteiger partial charge in [-0.25, -0.2) is 4.68 Å². The average Bonchev–Trinajstić information content (AvgIpc) is 3.40. The zero-order chi connectivity index (χ0) is 20.5. The second kappa shape index (κ2) is 7.58. The van der Waals surface area contributed by atoms with Crippen LogP contribution in [0.5, 0.6) is 0 Å². The van der Waals surface area contributed by atoms with E-state index in [-0.39, 0.29) is 11.8 Å². The van der Waals surface area contributed by atoms with Crippen molar-refractivity contribution in [3.05, 3.63) is 48.5 Å². The molecule has 0 atom stereocenters. The number of fused-ring (bicyclic) bond motifs is 1. The lowest BCUT2D eigenvalue weighted by atomic mass is 9.96. The van der Waals surface area contributed by atoms with Gasteiger partial charge in [-0.3, -0.25) is 4.79 Å². The van der Waals surface area contributed by atoms with E-state index < -0.39 is 0 Å². The molecular weight excluding hydrogens is 382 g/mol. The summed E-state index contributed by atoms with van der Waals surface area (Å²) in [5.41, 5.74) is 3.23.